The highest BCUT2D eigenvalue weighted by atomic mass is 32.1. The van der Waals surface area contributed by atoms with Gasteiger partial charge in [0.1, 0.15) is 0 Å². The number of aromatic amines is 1. The van der Waals surface area contributed by atoms with Crippen LogP contribution in [0.4, 0.5) is 0 Å². The molecule has 0 spiro atoms. The summed E-state index contributed by atoms with van der Waals surface area (Å²) in [5.41, 5.74) is 1.03. The van der Waals surface area contributed by atoms with Crippen molar-refractivity contribution < 1.29 is 0 Å². The fraction of sp³-hybridized carbons (Fsp3) is 0.143. The van der Waals surface area contributed by atoms with E-state index in [1.165, 1.54) is 4.88 Å². The first-order valence-corrected chi connectivity index (χ1v) is 7.34. The summed E-state index contributed by atoms with van der Waals surface area (Å²) in [5, 5.41) is 7.25. The van der Waals surface area contributed by atoms with E-state index in [9.17, 15) is 0 Å². The van der Waals surface area contributed by atoms with E-state index in [0.29, 0.717) is 4.77 Å². The zero-order valence-corrected chi connectivity index (χ0v) is 12.1. The summed E-state index contributed by atoms with van der Waals surface area (Å²) in [5.74, 6) is 0.876. The predicted molar refractivity (Wildman–Crippen MR) is 81.4 cm³/mol. The van der Waals surface area contributed by atoms with Gasteiger partial charge in [-0.15, -0.1) is 11.3 Å². The van der Waals surface area contributed by atoms with Crippen LogP contribution >= 0.6 is 23.6 Å². The maximum absolute atomic E-state index is 5.34. The summed E-state index contributed by atoms with van der Waals surface area (Å²) in [6.45, 7) is 2.16. The number of nitrogens with one attached hydrogen (secondary N) is 1. The largest absolute Gasteiger partial charge is 0.267 e. The van der Waals surface area contributed by atoms with E-state index in [0.717, 1.165) is 22.8 Å². The Labute approximate surface area is 120 Å². The second kappa shape index (κ2) is 5.11. The molecule has 0 saturated heterocycles. The Bertz CT molecular complexity index is 737. The van der Waals surface area contributed by atoms with Crippen molar-refractivity contribution in [2.45, 2.75) is 13.3 Å². The third-order valence-corrected chi connectivity index (χ3v) is 4.42. The first kappa shape index (κ1) is 12.3. The number of nitrogens with zero attached hydrogens (tertiary/aromatic N) is 2. The highest BCUT2D eigenvalue weighted by molar-refractivity contribution is 7.71. The van der Waals surface area contributed by atoms with Gasteiger partial charge in [0.25, 0.3) is 0 Å². The summed E-state index contributed by atoms with van der Waals surface area (Å²) >= 11 is 7.10. The number of aryl methyl sites for hydroxylation is 1. The SMILES string of the molecule is CCc1ccc(-c2n[nH]c(=S)n2-c2ccccc2)s1. The summed E-state index contributed by atoms with van der Waals surface area (Å²) < 4.78 is 2.59. The third kappa shape index (κ3) is 2.27. The van der Waals surface area contributed by atoms with Crippen LogP contribution in [-0.4, -0.2) is 14.8 Å². The van der Waals surface area contributed by atoms with Crippen LogP contribution in [0.2, 0.25) is 0 Å². The molecule has 0 aliphatic carbocycles. The molecule has 5 heteroatoms. The molecule has 0 bridgehead atoms. The summed E-state index contributed by atoms with van der Waals surface area (Å²) in [6, 6.07) is 14.3. The Kier molecular flexibility index (Phi) is 3.31. The van der Waals surface area contributed by atoms with Crippen molar-refractivity contribution in [1.29, 1.82) is 0 Å². The molecule has 2 aromatic heterocycles. The fourth-order valence-electron chi connectivity index (χ4n) is 1.97. The maximum Gasteiger partial charge on any atom is 0.200 e. The molecule has 1 N–H and O–H groups in total. The molecule has 0 atom stereocenters. The lowest BCUT2D eigenvalue weighted by Gasteiger charge is -2.04. The molecule has 0 fully saturated rings. The zero-order chi connectivity index (χ0) is 13.2. The normalized spacial score (nSPS) is 10.8. The van der Waals surface area contributed by atoms with E-state index in [-0.39, 0.29) is 0 Å². The van der Waals surface area contributed by atoms with Crippen molar-refractivity contribution in [3.8, 4) is 16.4 Å². The lowest BCUT2D eigenvalue weighted by atomic mass is 10.3. The molecule has 3 rings (SSSR count). The van der Waals surface area contributed by atoms with Gasteiger partial charge in [0.15, 0.2) is 10.6 Å². The molecular formula is C14H13N3S2. The molecule has 2 heterocycles. The quantitative estimate of drug-likeness (QED) is 0.732. The number of rotatable bonds is 3. The molecule has 0 aliphatic rings. The van der Waals surface area contributed by atoms with Crippen LogP contribution in [0.25, 0.3) is 16.4 Å². The number of H-pyrrole nitrogens is 1. The number of benzene rings is 1. The Morgan fingerprint density at radius 1 is 1.21 bits per heavy atom. The van der Waals surface area contributed by atoms with Gasteiger partial charge >= 0.3 is 0 Å². The van der Waals surface area contributed by atoms with E-state index < -0.39 is 0 Å². The first-order chi connectivity index (χ1) is 9.29. The van der Waals surface area contributed by atoms with E-state index in [1.54, 1.807) is 11.3 Å². The molecule has 1 aromatic carbocycles. The van der Waals surface area contributed by atoms with E-state index in [4.69, 9.17) is 12.2 Å². The maximum atomic E-state index is 5.34. The molecule has 3 aromatic rings. The molecular weight excluding hydrogens is 274 g/mol. The number of hydrogen-bond donors (Lipinski definition) is 1. The average molecular weight is 287 g/mol. The molecule has 0 radical (unpaired) electrons. The Morgan fingerprint density at radius 2 is 2.00 bits per heavy atom. The number of thiophene rings is 1. The van der Waals surface area contributed by atoms with Crippen molar-refractivity contribution in [1.82, 2.24) is 14.8 Å². The van der Waals surface area contributed by atoms with Crippen LogP contribution in [0.5, 0.6) is 0 Å². The van der Waals surface area contributed by atoms with Gasteiger partial charge in [0.2, 0.25) is 0 Å². The smallest absolute Gasteiger partial charge is 0.200 e. The second-order valence-corrected chi connectivity index (χ2v) is 5.70. The van der Waals surface area contributed by atoms with Crippen molar-refractivity contribution in [3.05, 3.63) is 52.1 Å². The monoisotopic (exact) mass is 287 g/mol. The van der Waals surface area contributed by atoms with Gasteiger partial charge in [-0.25, -0.2) is 0 Å². The number of aromatic nitrogens is 3. The molecule has 0 aliphatic heterocycles. The van der Waals surface area contributed by atoms with E-state index in [2.05, 4.69) is 29.3 Å². The summed E-state index contributed by atoms with van der Waals surface area (Å²) in [4.78, 5) is 2.48. The minimum absolute atomic E-state index is 0.618. The van der Waals surface area contributed by atoms with Crippen molar-refractivity contribution >= 4 is 23.6 Å². The molecule has 3 nitrogen and oxygen atoms in total. The van der Waals surface area contributed by atoms with Crippen LogP contribution < -0.4 is 0 Å². The van der Waals surface area contributed by atoms with E-state index in [1.807, 2.05) is 34.9 Å². The van der Waals surface area contributed by atoms with Gasteiger partial charge in [-0.3, -0.25) is 9.67 Å². The summed E-state index contributed by atoms with van der Waals surface area (Å²) in [7, 11) is 0. The van der Waals surface area contributed by atoms with Gasteiger partial charge in [-0.05, 0) is 42.9 Å². The first-order valence-electron chi connectivity index (χ1n) is 6.11. The minimum atomic E-state index is 0.618. The molecule has 19 heavy (non-hydrogen) atoms. The predicted octanol–water partition coefficient (Wildman–Crippen LogP) is 4.22. The number of para-hydroxylation sites is 1. The Balaban J connectivity index is 2.16. The standard InChI is InChI=1S/C14H13N3S2/c1-2-11-8-9-12(19-11)13-15-16-14(18)17(13)10-6-4-3-5-7-10/h3-9H,2H2,1H3,(H,16,18). The van der Waals surface area contributed by atoms with Crippen LogP contribution in [0.15, 0.2) is 42.5 Å². The van der Waals surface area contributed by atoms with Crippen LogP contribution in [0, 0.1) is 4.77 Å². The second-order valence-electron chi connectivity index (χ2n) is 4.14. The zero-order valence-electron chi connectivity index (χ0n) is 10.5. The Morgan fingerprint density at radius 3 is 2.68 bits per heavy atom. The highest BCUT2D eigenvalue weighted by Gasteiger charge is 2.12. The van der Waals surface area contributed by atoms with Crippen molar-refractivity contribution in [2.75, 3.05) is 0 Å². The van der Waals surface area contributed by atoms with Gasteiger partial charge in [0, 0.05) is 10.6 Å². The van der Waals surface area contributed by atoms with Crippen LogP contribution in [-0.2, 0) is 6.42 Å². The van der Waals surface area contributed by atoms with Crippen LogP contribution in [0.3, 0.4) is 0 Å². The number of hydrogen-bond acceptors (Lipinski definition) is 3. The van der Waals surface area contributed by atoms with Crippen molar-refractivity contribution in [3.63, 3.8) is 0 Å². The van der Waals surface area contributed by atoms with Crippen molar-refractivity contribution in [2.24, 2.45) is 0 Å². The average Bonchev–Trinajstić information content (AvgIpc) is 3.05. The lowest BCUT2D eigenvalue weighted by Crippen LogP contribution is -1.96. The minimum Gasteiger partial charge on any atom is -0.267 e. The third-order valence-electron chi connectivity index (χ3n) is 2.92. The van der Waals surface area contributed by atoms with Gasteiger partial charge < -0.3 is 0 Å². The highest BCUT2D eigenvalue weighted by Crippen LogP contribution is 2.28. The van der Waals surface area contributed by atoms with E-state index >= 15 is 0 Å². The van der Waals surface area contributed by atoms with Gasteiger partial charge in [0.05, 0.1) is 4.88 Å². The topological polar surface area (TPSA) is 33.6 Å². The van der Waals surface area contributed by atoms with Gasteiger partial charge in [-0.1, -0.05) is 25.1 Å². The molecule has 96 valence electrons. The van der Waals surface area contributed by atoms with Crippen LogP contribution in [0.1, 0.15) is 11.8 Å². The fourth-order valence-corrected chi connectivity index (χ4v) is 3.13. The molecule has 0 amide bonds. The Hall–Kier alpha value is -1.72. The lowest BCUT2D eigenvalue weighted by molar-refractivity contribution is 1.04. The summed E-state index contributed by atoms with van der Waals surface area (Å²) in [6.07, 6.45) is 1.04. The van der Waals surface area contributed by atoms with Gasteiger partial charge in [-0.2, -0.15) is 5.10 Å². The molecule has 0 saturated carbocycles. The molecule has 0 unspecified atom stereocenters.